The first kappa shape index (κ1) is 12.7. The molecule has 4 heteroatoms. The fraction of sp³-hybridized carbons (Fsp3) is 0.600. The molecule has 0 aromatic rings. The zero-order chi connectivity index (χ0) is 11.0. The van der Waals surface area contributed by atoms with Crippen molar-refractivity contribution in [3.8, 4) is 0 Å². The van der Waals surface area contributed by atoms with Crippen molar-refractivity contribution < 1.29 is 14.3 Å². The maximum Gasteiger partial charge on any atom is 0.306 e. The molecule has 0 fully saturated rings. The molecule has 0 rings (SSSR count). The van der Waals surface area contributed by atoms with Gasteiger partial charge in [0.25, 0.3) is 0 Å². The Morgan fingerprint density at radius 3 is 2.64 bits per heavy atom. The summed E-state index contributed by atoms with van der Waals surface area (Å²) >= 11 is 0. The highest BCUT2D eigenvalue weighted by Gasteiger charge is 2.08. The van der Waals surface area contributed by atoms with Crippen molar-refractivity contribution in [3.63, 3.8) is 0 Å². The van der Waals surface area contributed by atoms with Gasteiger partial charge in [-0.2, -0.15) is 0 Å². The van der Waals surface area contributed by atoms with E-state index >= 15 is 0 Å². The van der Waals surface area contributed by atoms with E-state index in [0.29, 0.717) is 6.61 Å². The van der Waals surface area contributed by atoms with E-state index in [4.69, 9.17) is 0 Å². The van der Waals surface area contributed by atoms with Crippen molar-refractivity contribution >= 4 is 11.9 Å². The Morgan fingerprint density at radius 2 is 2.14 bits per heavy atom. The fourth-order valence-electron chi connectivity index (χ4n) is 0.834. The highest BCUT2D eigenvalue weighted by molar-refractivity contribution is 5.81. The van der Waals surface area contributed by atoms with Crippen LogP contribution in [0.3, 0.4) is 0 Å². The maximum atomic E-state index is 11.2. The minimum Gasteiger partial charge on any atom is -0.466 e. The van der Waals surface area contributed by atoms with Gasteiger partial charge in [0.05, 0.1) is 13.0 Å². The van der Waals surface area contributed by atoms with Gasteiger partial charge in [-0.05, 0) is 13.8 Å². The molecule has 0 bridgehead atoms. The van der Waals surface area contributed by atoms with Gasteiger partial charge in [0.1, 0.15) is 0 Å². The second-order valence-corrected chi connectivity index (χ2v) is 2.90. The quantitative estimate of drug-likeness (QED) is 0.513. The van der Waals surface area contributed by atoms with Crippen molar-refractivity contribution in [2.24, 2.45) is 0 Å². The lowest BCUT2D eigenvalue weighted by atomic mass is 10.2. The molecule has 0 aromatic carbocycles. The molecule has 0 aliphatic rings. The van der Waals surface area contributed by atoms with Crippen LogP contribution < -0.4 is 5.32 Å². The lowest BCUT2D eigenvalue weighted by Gasteiger charge is -2.08. The molecule has 14 heavy (non-hydrogen) atoms. The third-order valence-electron chi connectivity index (χ3n) is 1.60. The second kappa shape index (κ2) is 7.12. The summed E-state index contributed by atoms with van der Waals surface area (Å²) < 4.78 is 4.68. The molecule has 1 N–H and O–H groups in total. The van der Waals surface area contributed by atoms with E-state index in [1.807, 2.05) is 6.92 Å². The largest absolute Gasteiger partial charge is 0.466 e. The second-order valence-electron chi connectivity index (χ2n) is 2.90. The van der Waals surface area contributed by atoms with Crippen LogP contribution in [0.25, 0.3) is 0 Å². The van der Waals surface area contributed by atoms with Crippen LogP contribution in [0.1, 0.15) is 26.7 Å². The normalized spacial score (nSPS) is 11.6. The SMILES string of the molecule is C=CC(C)NC(=O)CCC(=O)OCC. The van der Waals surface area contributed by atoms with Crippen molar-refractivity contribution in [2.45, 2.75) is 32.7 Å². The first-order valence-corrected chi connectivity index (χ1v) is 4.67. The standard InChI is InChI=1S/C10H17NO3/c1-4-8(3)11-9(12)6-7-10(13)14-5-2/h4,8H,1,5-7H2,2-3H3,(H,11,12). The number of amides is 1. The molecule has 1 unspecified atom stereocenters. The topological polar surface area (TPSA) is 55.4 Å². The number of ether oxygens (including phenoxy) is 1. The van der Waals surface area contributed by atoms with Gasteiger partial charge in [0.2, 0.25) is 5.91 Å². The van der Waals surface area contributed by atoms with Gasteiger partial charge < -0.3 is 10.1 Å². The number of carbonyl (C=O) groups excluding carboxylic acids is 2. The predicted octanol–water partition coefficient (Wildman–Crippen LogP) is 1.02. The Hall–Kier alpha value is -1.32. The molecule has 0 aliphatic heterocycles. The minimum atomic E-state index is -0.339. The predicted molar refractivity (Wildman–Crippen MR) is 53.7 cm³/mol. The number of rotatable bonds is 6. The van der Waals surface area contributed by atoms with Gasteiger partial charge in [-0.25, -0.2) is 0 Å². The molecule has 0 radical (unpaired) electrons. The number of nitrogens with one attached hydrogen (secondary N) is 1. The van der Waals surface area contributed by atoms with Crippen LogP contribution in [0.4, 0.5) is 0 Å². The van der Waals surface area contributed by atoms with E-state index in [1.165, 1.54) is 0 Å². The van der Waals surface area contributed by atoms with Gasteiger partial charge in [0.15, 0.2) is 0 Å². The van der Waals surface area contributed by atoms with E-state index in [0.717, 1.165) is 0 Å². The summed E-state index contributed by atoms with van der Waals surface area (Å²) in [5.74, 6) is -0.501. The Kier molecular flexibility index (Phi) is 6.45. The smallest absolute Gasteiger partial charge is 0.306 e. The van der Waals surface area contributed by atoms with E-state index in [9.17, 15) is 9.59 Å². The summed E-state index contributed by atoms with van der Waals surface area (Å²) in [5.41, 5.74) is 0. The molecule has 0 aliphatic carbocycles. The van der Waals surface area contributed by atoms with Crippen LogP contribution in [-0.4, -0.2) is 24.5 Å². The zero-order valence-electron chi connectivity index (χ0n) is 8.71. The molecular formula is C10H17NO3. The number of carbonyl (C=O) groups is 2. The van der Waals surface area contributed by atoms with E-state index < -0.39 is 0 Å². The average Bonchev–Trinajstić information content (AvgIpc) is 2.15. The molecule has 0 heterocycles. The lowest BCUT2D eigenvalue weighted by Crippen LogP contribution is -2.31. The Morgan fingerprint density at radius 1 is 1.50 bits per heavy atom. The monoisotopic (exact) mass is 199 g/mol. The van der Waals surface area contributed by atoms with Crippen LogP contribution in [-0.2, 0) is 14.3 Å². The summed E-state index contributed by atoms with van der Waals surface area (Å²) in [7, 11) is 0. The number of esters is 1. The molecule has 0 saturated carbocycles. The summed E-state index contributed by atoms with van der Waals surface area (Å²) in [5, 5.41) is 2.66. The van der Waals surface area contributed by atoms with Crippen molar-refractivity contribution in [3.05, 3.63) is 12.7 Å². The molecule has 0 saturated heterocycles. The van der Waals surface area contributed by atoms with E-state index in [-0.39, 0.29) is 30.8 Å². The molecule has 4 nitrogen and oxygen atoms in total. The number of hydrogen-bond acceptors (Lipinski definition) is 3. The van der Waals surface area contributed by atoms with Crippen LogP contribution in [0.5, 0.6) is 0 Å². The zero-order valence-corrected chi connectivity index (χ0v) is 8.71. The fourth-order valence-corrected chi connectivity index (χ4v) is 0.834. The van der Waals surface area contributed by atoms with Gasteiger partial charge in [-0.3, -0.25) is 9.59 Å². The highest BCUT2D eigenvalue weighted by Crippen LogP contribution is 1.94. The van der Waals surface area contributed by atoms with Crippen LogP contribution in [0.15, 0.2) is 12.7 Å². The maximum absolute atomic E-state index is 11.2. The Labute approximate surface area is 84.3 Å². The molecule has 1 atom stereocenters. The van der Waals surface area contributed by atoms with Gasteiger partial charge in [-0.15, -0.1) is 6.58 Å². The van der Waals surface area contributed by atoms with Crippen LogP contribution >= 0.6 is 0 Å². The van der Waals surface area contributed by atoms with Crippen LogP contribution in [0.2, 0.25) is 0 Å². The van der Waals surface area contributed by atoms with E-state index in [1.54, 1.807) is 13.0 Å². The molecule has 1 amide bonds. The van der Waals surface area contributed by atoms with Crippen molar-refractivity contribution in [1.82, 2.24) is 5.32 Å². The number of hydrogen-bond donors (Lipinski definition) is 1. The summed E-state index contributed by atoms with van der Waals surface area (Å²) in [6, 6.07) is -0.0651. The Balaban J connectivity index is 3.63. The van der Waals surface area contributed by atoms with Gasteiger partial charge in [0, 0.05) is 12.5 Å². The lowest BCUT2D eigenvalue weighted by molar-refractivity contribution is -0.144. The Bertz CT molecular complexity index is 213. The molecule has 80 valence electrons. The van der Waals surface area contributed by atoms with E-state index in [2.05, 4.69) is 16.6 Å². The third kappa shape index (κ3) is 6.22. The minimum absolute atomic E-state index is 0.0651. The van der Waals surface area contributed by atoms with Gasteiger partial charge in [-0.1, -0.05) is 6.08 Å². The highest BCUT2D eigenvalue weighted by atomic mass is 16.5. The molecular weight excluding hydrogens is 182 g/mol. The molecule has 0 aromatic heterocycles. The third-order valence-corrected chi connectivity index (χ3v) is 1.60. The first-order chi connectivity index (χ1) is 6.60. The van der Waals surface area contributed by atoms with Crippen LogP contribution in [0, 0.1) is 0 Å². The summed E-state index contributed by atoms with van der Waals surface area (Å²) in [6.45, 7) is 7.43. The van der Waals surface area contributed by atoms with Crippen molar-refractivity contribution in [2.75, 3.05) is 6.61 Å². The first-order valence-electron chi connectivity index (χ1n) is 4.67. The summed E-state index contributed by atoms with van der Waals surface area (Å²) in [6.07, 6.45) is 1.92. The van der Waals surface area contributed by atoms with Crippen molar-refractivity contribution in [1.29, 1.82) is 0 Å². The molecule has 0 spiro atoms. The average molecular weight is 199 g/mol. The summed E-state index contributed by atoms with van der Waals surface area (Å²) in [4.78, 5) is 22.0. The van der Waals surface area contributed by atoms with Gasteiger partial charge >= 0.3 is 5.97 Å².